The van der Waals surface area contributed by atoms with Crippen molar-refractivity contribution in [3.63, 3.8) is 0 Å². The van der Waals surface area contributed by atoms with Crippen LogP contribution < -0.4 is 21.7 Å². The molecule has 1 saturated heterocycles. The second-order valence-corrected chi connectivity index (χ2v) is 7.93. The van der Waals surface area contributed by atoms with Gasteiger partial charge in [-0.1, -0.05) is 12.1 Å². The van der Waals surface area contributed by atoms with Gasteiger partial charge in [-0.25, -0.2) is 0 Å². The second kappa shape index (κ2) is 15.3. The first-order valence-electron chi connectivity index (χ1n) is 11.4. The number of carbonyl (C=O) groups excluding carboxylic acids is 4. The van der Waals surface area contributed by atoms with Gasteiger partial charge in [0.2, 0.25) is 17.7 Å². The monoisotopic (exact) mass is 477 g/mol. The van der Waals surface area contributed by atoms with Crippen LogP contribution in [0, 0.1) is 0 Å². The van der Waals surface area contributed by atoms with Crippen molar-refractivity contribution in [3.05, 3.63) is 29.3 Å². The zero-order chi connectivity index (χ0) is 24.8. The molecule has 0 saturated carbocycles. The van der Waals surface area contributed by atoms with Crippen LogP contribution in [-0.4, -0.2) is 88.1 Å². The third-order valence-corrected chi connectivity index (χ3v) is 5.35. The molecule has 1 aromatic rings. The second-order valence-electron chi connectivity index (χ2n) is 7.93. The Morgan fingerprint density at radius 1 is 1.21 bits per heavy atom. The highest BCUT2D eigenvalue weighted by Crippen LogP contribution is 2.23. The Bertz CT molecular complexity index is 834. The molecular formula is C23H35N5O6. The lowest BCUT2D eigenvalue weighted by molar-refractivity contribution is -0.137. The number of hydrogen-bond donors (Lipinski definition) is 4. The van der Waals surface area contributed by atoms with Crippen LogP contribution in [0.5, 0.6) is 0 Å². The molecule has 5 N–H and O–H groups in total. The van der Waals surface area contributed by atoms with E-state index in [1.165, 1.54) is 0 Å². The molecule has 0 bridgehead atoms. The van der Waals surface area contributed by atoms with Crippen LogP contribution in [-0.2, 0) is 30.4 Å². The molecule has 34 heavy (non-hydrogen) atoms. The van der Waals surface area contributed by atoms with E-state index in [1.807, 2.05) is 0 Å². The van der Waals surface area contributed by atoms with Crippen molar-refractivity contribution in [2.75, 3.05) is 58.4 Å². The van der Waals surface area contributed by atoms with Crippen LogP contribution in [0.2, 0.25) is 0 Å². The van der Waals surface area contributed by atoms with Crippen molar-refractivity contribution in [3.8, 4) is 0 Å². The molecule has 11 heteroatoms. The zero-order valence-electron chi connectivity index (χ0n) is 19.6. The summed E-state index contributed by atoms with van der Waals surface area (Å²) in [6.07, 6.45) is 1.64. The maximum atomic E-state index is 12.5. The van der Waals surface area contributed by atoms with Crippen molar-refractivity contribution >= 4 is 29.7 Å². The quantitative estimate of drug-likeness (QED) is 0.142. The Kier molecular flexibility index (Phi) is 12.4. The van der Waals surface area contributed by atoms with E-state index in [4.69, 9.17) is 15.2 Å². The molecule has 11 nitrogen and oxygen atoms in total. The highest BCUT2D eigenvalue weighted by molar-refractivity contribution is 6.00. The van der Waals surface area contributed by atoms with Gasteiger partial charge in [-0.3, -0.25) is 29.4 Å². The minimum atomic E-state index is -0.486. The predicted molar refractivity (Wildman–Crippen MR) is 126 cm³/mol. The largest absolute Gasteiger partial charge is 0.378 e. The van der Waals surface area contributed by atoms with Gasteiger partial charge >= 0.3 is 0 Å². The highest BCUT2D eigenvalue weighted by Gasteiger charge is 2.30. The molecule has 188 valence electrons. The summed E-state index contributed by atoms with van der Waals surface area (Å²) in [7, 11) is 1.75. The fourth-order valence-electron chi connectivity index (χ4n) is 3.56. The Hall–Kier alpha value is -2.70. The van der Waals surface area contributed by atoms with Gasteiger partial charge in [0.1, 0.15) is 6.29 Å². The number of imide groups is 1. The summed E-state index contributed by atoms with van der Waals surface area (Å²) in [4.78, 5) is 49.5. The lowest BCUT2D eigenvalue weighted by Crippen LogP contribution is -2.51. The van der Waals surface area contributed by atoms with E-state index in [-0.39, 0.29) is 37.1 Å². The molecule has 1 aliphatic heterocycles. The average molecular weight is 478 g/mol. The molecule has 1 aromatic carbocycles. The van der Waals surface area contributed by atoms with Gasteiger partial charge in [-0.05, 0) is 19.5 Å². The predicted octanol–water partition coefficient (Wildman–Crippen LogP) is -0.354. The number of ether oxygens (including phenoxy) is 2. The number of nitrogens with two attached hydrogens (primary N) is 1. The summed E-state index contributed by atoms with van der Waals surface area (Å²) < 4.78 is 10.6. The van der Waals surface area contributed by atoms with Gasteiger partial charge in [-0.2, -0.15) is 0 Å². The van der Waals surface area contributed by atoms with Gasteiger partial charge in [-0.15, -0.1) is 0 Å². The number of nitrogens with one attached hydrogen (secondary N) is 3. The highest BCUT2D eigenvalue weighted by atomic mass is 16.5. The number of anilines is 1. The van der Waals surface area contributed by atoms with Crippen LogP contribution >= 0.6 is 0 Å². The third-order valence-electron chi connectivity index (χ3n) is 5.35. The number of piperidine rings is 1. The normalized spacial score (nSPS) is 15.9. The van der Waals surface area contributed by atoms with Crippen molar-refractivity contribution in [1.29, 1.82) is 0 Å². The number of benzene rings is 1. The summed E-state index contributed by atoms with van der Waals surface area (Å²) in [5.74, 6) is -0.838. The Morgan fingerprint density at radius 2 is 1.97 bits per heavy atom. The van der Waals surface area contributed by atoms with E-state index < -0.39 is 6.04 Å². The van der Waals surface area contributed by atoms with Crippen LogP contribution in [0.1, 0.15) is 35.2 Å². The maximum Gasteiger partial charge on any atom is 0.243 e. The fraction of sp³-hybridized carbons (Fsp3) is 0.565. The summed E-state index contributed by atoms with van der Waals surface area (Å²) in [6.45, 7) is 3.84. The smallest absolute Gasteiger partial charge is 0.243 e. The first kappa shape index (κ1) is 27.5. The van der Waals surface area contributed by atoms with Gasteiger partial charge in [0.15, 0.2) is 0 Å². The van der Waals surface area contributed by atoms with Crippen LogP contribution in [0.15, 0.2) is 18.2 Å². The van der Waals surface area contributed by atoms with E-state index >= 15 is 0 Å². The number of rotatable bonds is 16. The molecule has 2 rings (SSSR count). The molecule has 0 spiro atoms. The fourth-order valence-corrected chi connectivity index (χ4v) is 3.56. The minimum absolute atomic E-state index is 0.198. The summed E-state index contributed by atoms with van der Waals surface area (Å²) in [5.41, 5.74) is 6.91. The minimum Gasteiger partial charge on any atom is -0.378 e. The van der Waals surface area contributed by atoms with Crippen molar-refractivity contribution < 1.29 is 28.7 Å². The summed E-state index contributed by atoms with van der Waals surface area (Å²) >= 11 is 0. The van der Waals surface area contributed by atoms with Crippen molar-refractivity contribution in [1.82, 2.24) is 15.5 Å². The molecule has 0 radical (unpaired) electrons. The van der Waals surface area contributed by atoms with E-state index in [9.17, 15) is 19.2 Å². The number of nitrogens with zero attached hydrogens (tertiary/aromatic N) is 1. The Balaban J connectivity index is 1.81. The maximum absolute atomic E-state index is 12.5. The van der Waals surface area contributed by atoms with Crippen LogP contribution in [0.4, 0.5) is 5.69 Å². The van der Waals surface area contributed by atoms with Crippen LogP contribution in [0.25, 0.3) is 0 Å². The number of likely N-dealkylation sites (N-methyl/N-ethyl adjacent to an activating group) is 1. The van der Waals surface area contributed by atoms with Crippen molar-refractivity contribution in [2.45, 2.75) is 31.8 Å². The van der Waals surface area contributed by atoms with Gasteiger partial charge in [0.05, 0.1) is 32.5 Å². The molecule has 0 aliphatic carbocycles. The molecule has 1 unspecified atom stereocenters. The lowest BCUT2D eigenvalue weighted by Gasteiger charge is -2.30. The Labute approximate surface area is 199 Å². The zero-order valence-corrected chi connectivity index (χ0v) is 19.6. The SMILES string of the molecule is CN(Cc1c(C=O)cccc1NC(=O)CCNCCOCCOCCN)C1CCC(=O)NC1=O. The third kappa shape index (κ3) is 9.27. The number of hydrogen-bond acceptors (Lipinski definition) is 9. The topological polar surface area (TPSA) is 152 Å². The summed E-state index contributed by atoms with van der Waals surface area (Å²) in [6, 6.07) is 4.60. The van der Waals surface area contributed by atoms with Crippen LogP contribution in [0.3, 0.4) is 0 Å². The summed E-state index contributed by atoms with van der Waals surface area (Å²) in [5, 5.41) is 8.35. The standard InChI is InChI=1S/C23H35N5O6/c1-28(20-5-6-21(30)27-23(20)32)15-18-17(16-29)3-2-4-19(18)26-22(31)7-9-25-10-12-34-14-13-33-11-8-24/h2-4,16,20,25H,5-15,24H2,1H3,(H,26,31)(H,27,30,32). The van der Waals surface area contributed by atoms with Gasteiger partial charge in [0, 0.05) is 55.8 Å². The molecule has 1 fully saturated rings. The van der Waals surface area contributed by atoms with E-state index in [0.29, 0.717) is 69.3 Å². The number of carbonyl (C=O) groups is 4. The first-order chi connectivity index (χ1) is 16.5. The molecular weight excluding hydrogens is 442 g/mol. The molecule has 3 amide bonds. The molecule has 1 aliphatic rings. The number of amides is 3. The molecule has 1 heterocycles. The van der Waals surface area contributed by atoms with Gasteiger partial charge in [0.25, 0.3) is 0 Å². The molecule has 0 aromatic heterocycles. The van der Waals surface area contributed by atoms with Crippen molar-refractivity contribution in [2.24, 2.45) is 5.73 Å². The van der Waals surface area contributed by atoms with E-state index in [0.717, 1.165) is 6.29 Å². The lowest BCUT2D eigenvalue weighted by atomic mass is 10.0. The van der Waals surface area contributed by atoms with E-state index in [2.05, 4.69) is 16.0 Å². The first-order valence-corrected chi connectivity index (χ1v) is 11.4. The van der Waals surface area contributed by atoms with E-state index in [1.54, 1.807) is 30.1 Å². The molecule has 1 atom stereocenters. The Morgan fingerprint density at radius 3 is 2.68 bits per heavy atom. The van der Waals surface area contributed by atoms with Gasteiger partial charge < -0.3 is 25.8 Å². The number of aldehydes is 1. The average Bonchev–Trinajstić information content (AvgIpc) is 2.81.